The highest BCUT2D eigenvalue weighted by molar-refractivity contribution is 5.95. The molecule has 3 aromatic heterocycles. The summed E-state index contributed by atoms with van der Waals surface area (Å²) in [6, 6.07) is 18.9. The van der Waals surface area contributed by atoms with E-state index in [0.29, 0.717) is 49.6 Å². The molecule has 0 aliphatic carbocycles. The topological polar surface area (TPSA) is 95.1 Å². The summed E-state index contributed by atoms with van der Waals surface area (Å²) >= 11 is 0. The van der Waals surface area contributed by atoms with Crippen molar-refractivity contribution in [2.24, 2.45) is 0 Å². The first-order chi connectivity index (χ1) is 16.7. The molecule has 1 amide bonds. The van der Waals surface area contributed by atoms with E-state index in [9.17, 15) is 14.9 Å². The third kappa shape index (κ3) is 3.88. The summed E-state index contributed by atoms with van der Waals surface area (Å²) in [5, 5.41) is 10.7. The van der Waals surface area contributed by atoms with E-state index in [0.717, 1.165) is 10.9 Å². The molecule has 0 radical (unpaired) electrons. The second kappa shape index (κ2) is 9.16. The molecule has 0 spiro atoms. The molecular weight excluding hydrogens is 428 g/mol. The van der Waals surface area contributed by atoms with E-state index in [1.54, 1.807) is 40.2 Å². The average Bonchev–Trinajstić information content (AvgIpc) is 2.90. The lowest BCUT2D eigenvalue weighted by Crippen LogP contribution is -2.49. The van der Waals surface area contributed by atoms with Crippen LogP contribution in [-0.4, -0.2) is 51.5 Å². The first-order valence-corrected chi connectivity index (χ1v) is 11.1. The minimum Gasteiger partial charge on any atom is -0.366 e. The third-order valence-corrected chi connectivity index (χ3v) is 6.10. The van der Waals surface area contributed by atoms with Crippen LogP contribution in [0, 0.1) is 11.3 Å². The lowest BCUT2D eigenvalue weighted by atomic mass is 10.1. The van der Waals surface area contributed by atoms with Gasteiger partial charge in [0, 0.05) is 55.7 Å². The SMILES string of the molecule is N#Cc1c(N2CCN(C(=O)c3ccncc3)CC2)c2cccnc2n(Cc2ccccc2)c1=O. The van der Waals surface area contributed by atoms with E-state index in [2.05, 4.69) is 16.0 Å². The van der Waals surface area contributed by atoms with Gasteiger partial charge in [-0.1, -0.05) is 30.3 Å². The number of aromatic nitrogens is 3. The molecule has 1 aromatic carbocycles. The molecule has 34 heavy (non-hydrogen) atoms. The van der Waals surface area contributed by atoms with Crippen molar-refractivity contribution in [3.63, 3.8) is 0 Å². The summed E-state index contributed by atoms with van der Waals surface area (Å²) in [7, 11) is 0. The van der Waals surface area contributed by atoms with E-state index in [-0.39, 0.29) is 17.0 Å². The van der Waals surface area contributed by atoms with Gasteiger partial charge in [0.25, 0.3) is 11.5 Å². The van der Waals surface area contributed by atoms with Gasteiger partial charge in [0.1, 0.15) is 17.3 Å². The summed E-state index contributed by atoms with van der Waals surface area (Å²) < 4.78 is 1.57. The minimum absolute atomic E-state index is 0.0487. The Kier molecular flexibility index (Phi) is 5.75. The molecule has 4 aromatic rings. The Morgan fingerprint density at radius 2 is 1.68 bits per heavy atom. The smallest absolute Gasteiger partial charge is 0.272 e. The van der Waals surface area contributed by atoms with Crippen molar-refractivity contribution in [1.82, 2.24) is 19.4 Å². The van der Waals surface area contributed by atoms with Gasteiger partial charge >= 0.3 is 0 Å². The highest BCUT2D eigenvalue weighted by Crippen LogP contribution is 2.29. The van der Waals surface area contributed by atoms with Gasteiger partial charge in [-0.05, 0) is 29.8 Å². The molecule has 0 atom stereocenters. The third-order valence-electron chi connectivity index (χ3n) is 6.10. The number of fused-ring (bicyclic) bond motifs is 1. The van der Waals surface area contributed by atoms with E-state index < -0.39 is 0 Å². The van der Waals surface area contributed by atoms with Crippen molar-refractivity contribution < 1.29 is 4.79 Å². The number of anilines is 1. The van der Waals surface area contributed by atoms with Crippen LogP contribution in [0.3, 0.4) is 0 Å². The minimum atomic E-state index is -0.358. The first-order valence-electron chi connectivity index (χ1n) is 11.1. The van der Waals surface area contributed by atoms with Crippen LogP contribution in [0.2, 0.25) is 0 Å². The predicted octanol–water partition coefficient (Wildman–Crippen LogP) is 2.67. The second-order valence-electron chi connectivity index (χ2n) is 8.10. The van der Waals surface area contributed by atoms with Gasteiger partial charge in [0.05, 0.1) is 12.2 Å². The lowest BCUT2D eigenvalue weighted by Gasteiger charge is -2.37. The first kappa shape index (κ1) is 21.3. The van der Waals surface area contributed by atoms with Gasteiger partial charge in [0.2, 0.25) is 0 Å². The van der Waals surface area contributed by atoms with Gasteiger partial charge in [-0.2, -0.15) is 5.26 Å². The quantitative estimate of drug-likeness (QED) is 0.474. The molecule has 1 fully saturated rings. The number of carbonyl (C=O) groups excluding carboxylic acids is 1. The van der Waals surface area contributed by atoms with Crippen LogP contribution in [0.1, 0.15) is 21.5 Å². The van der Waals surface area contributed by atoms with Gasteiger partial charge in [-0.3, -0.25) is 19.1 Å². The van der Waals surface area contributed by atoms with E-state index in [1.165, 1.54) is 0 Å². The lowest BCUT2D eigenvalue weighted by molar-refractivity contribution is 0.0746. The Bertz CT molecular complexity index is 1440. The highest BCUT2D eigenvalue weighted by Gasteiger charge is 2.27. The standard InChI is InChI=1S/C26H22N6O2/c27-17-22-23(30-13-15-31(16-14-30)25(33)20-8-11-28-12-9-20)21-7-4-10-29-24(21)32(26(22)34)18-19-5-2-1-3-6-19/h1-12H,13-16,18H2. The van der Waals surface area contributed by atoms with E-state index in [4.69, 9.17) is 0 Å². The van der Waals surface area contributed by atoms with Crippen LogP contribution in [0.25, 0.3) is 11.0 Å². The predicted molar refractivity (Wildman–Crippen MR) is 129 cm³/mol. The molecule has 0 N–H and O–H groups in total. The van der Waals surface area contributed by atoms with Crippen molar-refractivity contribution in [3.8, 4) is 6.07 Å². The molecule has 1 saturated heterocycles. The van der Waals surface area contributed by atoms with Gasteiger partial charge < -0.3 is 9.80 Å². The van der Waals surface area contributed by atoms with Crippen LogP contribution in [-0.2, 0) is 6.54 Å². The van der Waals surface area contributed by atoms with Gasteiger partial charge in [-0.15, -0.1) is 0 Å². The molecule has 0 saturated carbocycles. The van der Waals surface area contributed by atoms with Crippen LogP contribution in [0.15, 0.2) is 78.0 Å². The number of rotatable bonds is 4. The fourth-order valence-corrected chi connectivity index (χ4v) is 4.42. The number of nitriles is 1. The Balaban J connectivity index is 1.50. The summed E-state index contributed by atoms with van der Waals surface area (Å²) in [6.07, 6.45) is 4.86. The fraction of sp³-hybridized carbons (Fsp3) is 0.192. The van der Waals surface area contributed by atoms with E-state index >= 15 is 0 Å². The number of amides is 1. The molecule has 1 aliphatic heterocycles. The number of benzene rings is 1. The second-order valence-corrected chi connectivity index (χ2v) is 8.10. The summed E-state index contributed by atoms with van der Waals surface area (Å²) in [6.45, 7) is 2.33. The molecule has 1 aliphatic rings. The maximum absolute atomic E-state index is 13.4. The zero-order chi connectivity index (χ0) is 23.5. The van der Waals surface area contributed by atoms with Crippen molar-refractivity contribution in [2.75, 3.05) is 31.1 Å². The van der Waals surface area contributed by atoms with Crippen molar-refractivity contribution in [3.05, 3.63) is 100 Å². The summed E-state index contributed by atoms with van der Waals surface area (Å²) in [4.78, 5) is 38.5. The number of nitrogens with zero attached hydrogens (tertiary/aromatic N) is 6. The monoisotopic (exact) mass is 450 g/mol. The number of piperazine rings is 1. The maximum Gasteiger partial charge on any atom is 0.272 e. The van der Waals surface area contributed by atoms with Crippen molar-refractivity contribution >= 4 is 22.6 Å². The van der Waals surface area contributed by atoms with Crippen molar-refractivity contribution in [2.45, 2.75) is 6.54 Å². The molecule has 5 rings (SSSR count). The number of hydrogen-bond donors (Lipinski definition) is 0. The van der Waals surface area contributed by atoms with Crippen molar-refractivity contribution in [1.29, 1.82) is 5.26 Å². The Morgan fingerprint density at radius 3 is 2.38 bits per heavy atom. The number of carbonyl (C=O) groups is 1. The van der Waals surface area contributed by atoms with Gasteiger partial charge in [0.15, 0.2) is 0 Å². The van der Waals surface area contributed by atoms with Crippen LogP contribution < -0.4 is 10.5 Å². The fourth-order valence-electron chi connectivity index (χ4n) is 4.42. The molecule has 0 unspecified atom stereocenters. The Labute approximate surface area is 196 Å². The number of hydrogen-bond acceptors (Lipinski definition) is 6. The number of pyridine rings is 3. The Hall–Kier alpha value is -4.51. The zero-order valence-electron chi connectivity index (χ0n) is 18.5. The van der Waals surface area contributed by atoms with Gasteiger partial charge in [-0.25, -0.2) is 4.98 Å². The summed E-state index contributed by atoms with van der Waals surface area (Å²) in [5.74, 6) is -0.0487. The molecule has 8 nitrogen and oxygen atoms in total. The van der Waals surface area contributed by atoms with E-state index in [1.807, 2.05) is 47.4 Å². The maximum atomic E-state index is 13.4. The zero-order valence-corrected chi connectivity index (χ0v) is 18.5. The average molecular weight is 451 g/mol. The molecular formula is C26H22N6O2. The van der Waals surface area contributed by atoms with Crippen LogP contribution in [0.4, 0.5) is 5.69 Å². The molecule has 8 heteroatoms. The van der Waals surface area contributed by atoms with Crippen LogP contribution >= 0.6 is 0 Å². The molecule has 168 valence electrons. The highest BCUT2D eigenvalue weighted by atomic mass is 16.2. The summed E-state index contributed by atoms with van der Waals surface area (Å²) in [5.41, 5.74) is 2.43. The molecule has 0 bridgehead atoms. The molecule has 4 heterocycles. The Morgan fingerprint density at radius 1 is 0.941 bits per heavy atom. The van der Waals surface area contributed by atoms with Crippen LogP contribution in [0.5, 0.6) is 0 Å². The largest absolute Gasteiger partial charge is 0.366 e. The normalized spacial score (nSPS) is 13.6.